The highest BCUT2D eigenvalue weighted by molar-refractivity contribution is 14.1. The van der Waals surface area contributed by atoms with E-state index in [1.807, 2.05) is 36.4 Å². The molecule has 1 aromatic carbocycles. The van der Waals surface area contributed by atoms with Crippen LogP contribution in [0.5, 0.6) is 0 Å². The molecule has 0 radical (unpaired) electrons. The van der Waals surface area contributed by atoms with Crippen LogP contribution in [0.3, 0.4) is 0 Å². The molecule has 5 heteroatoms. The highest BCUT2D eigenvalue weighted by Gasteiger charge is 2.21. The maximum absolute atomic E-state index is 10.9. The smallest absolute Gasteiger partial charge is 0.276 e. The Kier molecular flexibility index (Phi) is 4.67. The van der Waals surface area contributed by atoms with Crippen molar-refractivity contribution >= 4 is 28.3 Å². The van der Waals surface area contributed by atoms with Gasteiger partial charge in [0.15, 0.2) is 0 Å². The van der Waals surface area contributed by atoms with Crippen LogP contribution in [0.1, 0.15) is 31.9 Å². The Labute approximate surface area is 108 Å². The van der Waals surface area contributed by atoms with E-state index >= 15 is 0 Å². The van der Waals surface area contributed by atoms with E-state index < -0.39 is 11.0 Å². The van der Waals surface area contributed by atoms with Crippen molar-refractivity contribution in [2.45, 2.75) is 26.4 Å². The Balaban J connectivity index is 3.07. The lowest BCUT2D eigenvalue weighted by molar-refractivity contribution is -0.386. The first-order valence-electron chi connectivity index (χ1n) is 5.03. The topological polar surface area (TPSA) is 63.4 Å². The minimum atomic E-state index is -0.766. The molecule has 0 aliphatic rings. The molecule has 0 amide bonds. The van der Waals surface area contributed by atoms with Crippen molar-refractivity contribution in [1.29, 1.82) is 0 Å². The third-order valence-corrected chi connectivity index (χ3v) is 2.91. The predicted molar refractivity (Wildman–Crippen MR) is 70.2 cm³/mol. The van der Waals surface area contributed by atoms with Gasteiger partial charge in [-0.1, -0.05) is 13.8 Å². The lowest BCUT2D eigenvalue weighted by atomic mass is 9.98. The van der Waals surface area contributed by atoms with Crippen molar-refractivity contribution in [2.75, 3.05) is 0 Å². The largest absolute Gasteiger partial charge is 0.388 e. The summed E-state index contributed by atoms with van der Waals surface area (Å²) in [5.41, 5.74) is 0.402. The van der Waals surface area contributed by atoms with Gasteiger partial charge in [0.05, 0.1) is 16.6 Å². The molecule has 0 unspecified atom stereocenters. The number of nitrogens with zero attached hydrogens (tertiary/aromatic N) is 1. The highest BCUT2D eigenvalue weighted by atomic mass is 127. The van der Waals surface area contributed by atoms with E-state index in [0.717, 1.165) is 3.57 Å². The summed E-state index contributed by atoms with van der Waals surface area (Å²) in [7, 11) is 0. The zero-order chi connectivity index (χ0) is 12.3. The Morgan fingerprint density at radius 2 is 2.12 bits per heavy atom. The average molecular weight is 335 g/mol. The monoisotopic (exact) mass is 335 g/mol. The van der Waals surface area contributed by atoms with Crippen LogP contribution in [0, 0.1) is 19.6 Å². The van der Waals surface area contributed by atoms with Gasteiger partial charge in [0.1, 0.15) is 0 Å². The van der Waals surface area contributed by atoms with Crippen LogP contribution in [0.2, 0.25) is 0 Å². The second-order valence-electron chi connectivity index (χ2n) is 4.11. The molecule has 0 heterocycles. The number of hydrogen-bond donors (Lipinski definition) is 1. The lowest BCUT2D eigenvalue weighted by Gasteiger charge is -2.13. The molecule has 0 saturated carbocycles. The van der Waals surface area contributed by atoms with Crippen molar-refractivity contribution in [2.24, 2.45) is 5.92 Å². The molecule has 0 aliphatic carbocycles. The Bertz CT molecular complexity index is 393. The number of nitro groups is 1. The standard InChI is InChI=1S/C11H14INO3/c1-7(2)5-11(14)9-4-3-8(12)6-10(9)13(15)16/h3-4,6-7,11,14H,5H2,1-2H3/t11-/m1/s1. The van der Waals surface area contributed by atoms with Gasteiger partial charge < -0.3 is 5.11 Å². The molecule has 16 heavy (non-hydrogen) atoms. The van der Waals surface area contributed by atoms with Crippen LogP contribution in [0.25, 0.3) is 0 Å². The summed E-state index contributed by atoms with van der Waals surface area (Å²) in [6.45, 7) is 3.95. The van der Waals surface area contributed by atoms with Gasteiger partial charge in [-0.05, 0) is 47.1 Å². The van der Waals surface area contributed by atoms with E-state index in [4.69, 9.17) is 0 Å². The molecule has 88 valence electrons. The molecule has 0 aromatic heterocycles. The normalized spacial score (nSPS) is 12.8. The summed E-state index contributed by atoms with van der Waals surface area (Å²) in [4.78, 5) is 10.4. The first-order valence-corrected chi connectivity index (χ1v) is 6.11. The van der Waals surface area contributed by atoms with Crippen molar-refractivity contribution in [1.82, 2.24) is 0 Å². The first kappa shape index (κ1) is 13.4. The van der Waals surface area contributed by atoms with Crippen LogP contribution < -0.4 is 0 Å². The summed E-state index contributed by atoms with van der Waals surface area (Å²) in [6.07, 6.45) is -0.237. The molecule has 0 bridgehead atoms. The van der Waals surface area contributed by atoms with Crippen LogP contribution in [-0.4, -0.2) is 10.0 Å². The Morgan fingerprint density at radius 3 is 2.62 bits per heavy atom. The van der Waals surface area contributed by atoms with Crippen molar-refractivity contribution < 1.29 is 10.0 Å². The summed E-state index contributed by atoms with van der Waals surface area (Å²) in [6, 6.07) is 4.89. The van der Waals surface area contributed by atoms with E-state index in [-0.39, 0.29) is 5.69 Å². The van der Waals surface area contributed by atoms with Gasteiger partial charge in [0.25, 0.3) is 5.69 Å². The van der Waals surface area contributed by atoms with Gasteiger partial charge in [-0.2, -0.15) is 0 Å². The SMILES string of the molecule is CC(C)C[C@@H](O)c1ccc(I)cc1[N+](=O)[O-]. The molecular weight excluding hydrogens is 321 g/mol. The molecule has 1 aromatic rings. The number of halogens is 1. The second kappa shape index (κ2) is 5.58. The molecule has 0 saturated heterocycles. The number of aliphatic hydroxyl groups excluding tert-OH is 1. The van der Waals surface area contributed by atoms with Gasteiger partial charge in [-0.3, -0.25) is 10.1 Å². The summed E-state index contributed by atoms with van der Waals surface area (Å²) >= 11 is 2.02. The summed E-state index contributed by atoms with van der Waals surface area (Å²) in [5, 5.41) is 20.8. The molecule has 1 atom stereocenters. The van der Waals surface area contributed by atoms with Crippen LogP contribution >= 0.6 is 22.6 Å². The van der Waals surface area contributed by atoms with Gasteiger partial charge in [-0.25, -0.2) is 0 Å². The van der Waals surface area contributed by atoms with Crippen molar-refractivity contribution in [3.63, 3.8) is 0 Å². The zero-order valence-electron chi connectivity index (χ0n) is 9.18. The molecular formula is C11H14INO3. The van der Waals surface area contributed by atoms with Crippen molar-refractivity contribution in [3.8, 4) is 0 Å². The fourth-order valence-corrected chi connectivity index (χ4v) is 2.00. The van der Waals surface area contributed by atoms with Gasteiger partial charge in [-0.15, -0.1) is 0 Å². The van der Waals surface area contributed by atoms with Crippen LogP contribution in [0.15, 0.2) is 18.2 Å². The molecule has 4 nitrogen and oxygen atoms in total. The minimum absolute atomic E-state index is 0.0000463. The number of nitro benzene ring substituents is 1. The minimum Gasteiger partial charge on any atom is -0.388 e. The van der Waals surface area contributed by atoms with E-state index in [0.29, 0.717) is 17.9 Å². The maximum atomic E-state index is 10.9. The Hall–Kier alpha value is -0.690. The lowest BCUT2D eigenvalue weighted by Crippen LogP contribution is -2.05. The fourth-order valence-electron chi connectivity index (χ4n) is 1.53. The second-order valence-corrected chi connectivity index (χ2v) is 5.35. The van der Waals surface area contributed by atoms with Crippen LogP contribution in [0.4, 0.5) is 5.69 Å². The maximum Gasteiger partial charge on any atom is 0.276 e. The van der Waals surface area contributed by atoms with E-state index in [1.165, 1.54) is 6.07 Å². The number of aliphatic hydroxyl groups is 1. The van der Waals surface area contributed by atoms with Crippen molar-refractivity contribution in [3.05, 3.63) is 37.4 Å². The molecule has 0 fully saturated rings. The highest BCUT2D eigenvalue weighted by Crippen LogP contribution is 2.30. The van der Waals surface area contributed by atoms with E-state index in [2.05, 4.69) is 0 Å². The molecule has 0 spiro atoms. The van der Waals surface area contributed by atoms with Crippen LogP contribution in [-0.2, 0) is 0 Å². The zero-order valence-corrected chi connectivity index (χ0v) is 11.3. The molecule has 1 N–H and O–H groups in total. The summed E-state index contributed by atoms with van der Waals surface area (Å²) < 4.78 is 0.796. The number of benzene rings is 1. The fraction of sp³-hybridized carbons (Fsp3) is 0.455. The van der Waals surface area contributed by atoms with E-state index in [1.54, 1.807) is 12.1 Å². The third-order valence-electron chi connectivity index (χ3n) is 2.24. The first-order chi connectivity index (χ1) is 7.41. The number of rotatable bonds is 4. The third kappa shape index (κ3) is 3.41. The quantitative estimate of drug-likeness (QED) is 0.522. The van der Waals surface area contributed by atoms with Gasteiger partial charge >= 0.3 is 0 Å². The number of hydrogen-bond acceptors (Lipinski definition) is 3. The van der Waals surface area contributed by atoms with Gasteiger partial charge in [0, 0.05) is 9.64 Å². The van der Waals surface area contributed by atoms with Gasteiger partial charge in [0.2, 0.25) is 0 Å². The predicted octanol–water partition coefficient (Wildman–Crippen LogP) is 3.28. The van der Waals surface area contributed by atoms with E-state index in [9.17, 15) is 15.2 Å². The molecule has 1 rings (SSSR count). The Morgan fingerprint density at radius 1 is 1.50 bits per heavy atom. The molecule has 0 aliphatic heterocycles. The average Bonchev–Trinajstić information content (AvgIpc) is 2.16. The summed E-state index contributed by atoms with van der Waals surface area (Å²) in [5.74, 6) is 0.300.